The van der Waals surface area contributed by atoms with E-state index in [9.17, 15) is 14.4 Å². The molecule has 2 N–H and O–H groups in total. The van der Waals surface area contributed by atoms with E-state index in [-0.39, 0.29) is 23.7 Å². The van der Waals surface area contributed by atoms with E-state index in [1.165, 1.54) is 48.2 Å². The largest absolute Gasteiger partial charge is 0.373 e. The summed E-state index contributed by atoms with van der Waals surface area (Å²) in [5.74, 6) is 2.28. The highest BCUT2D eigenvalue weighted by molar-refractivity contribution is 5.94. The Morgan fingerprint density at radius 1 is 0.868 bits per heavy atom. The van der Waals surface area contributed by atoms with Gasteiger partial charge in [0.05, 0.1) is 17.1 Å². The van der Waals surface area contributed by atoms with Crippen LogP contribution >= 0.6 is 0 Å². The van der Waals surface area contributed by atoms with Gasteiger partial charge in [0.25, 0.3) is 5.91 Å². The lowest BCUT2D eigenvalue weighted by Crippen LogP contribution is -2.43. The molecule has 2 aromatic carbocycles. The van der Waals surface area contributed by atoms with Crippen molar-refractivity contribution in [3.8, 4) is 11.1 Å². The minimum Gasteiger partial charge on any atom is -0.373 e. The van der Waals surface area contributed by atoms with Crippen molar-refractivity contribution in [2.75, 3.05) is 51.6 Å². The molecule has 4 unspecified atom stereocenters. The molecule has 7 rings (SSSR count). The van der Waals surface area contributed by atoms with Crippen LogP contribution in [0.25, 0.3) is 28.2 Å². The van der Waals surface area contributed by atoms with Crippen LogP contribution in [-0.4, -0.2) is 111 Å². The highest BCUT2D eigenvalue weighted by Gasteiger charge is 2.29. The average molecular weight is 1040 g/mol. The first-order valence-corrected chi connectivity index (χ1v) is 29.0. The van der Waals surface area contributed by atoms with Gasteiger partial charge < -0.3 is 15.1 Å². The second-order valence-corrected chi connectivity index (χ2v) is 20.9. The number of aryl methyl sites for hydroxylation is 3. The fourth-order valence-corrected chi connectivity index (χ4v) is 11.1. The van der Waals surface area contributed by atoms with Gasteiger partial charge in [-0.25, -0.2) is 15.3 Å². The minimum absolute atomic E-state index is 0.00916. The number of hydrogen-bond acceptors (Lipinski definition) is 9. The fraction of sp³-hybridized carbons (Fsp3) is 0.571. The van der Waals surface area contributed by atoms with Crippen molar-refractivity contribution in [1.82, 2.24) is 39.3 Å². The number of hydrogen-bond donors (Lipinski definition) is 2. The molecular formula is C63H95N9O4. The van der Waals surface area contributed by atoms with Crippen LogP contribution in [0.5, 0.6) is 0 Å². The Labute approximate surface area is 456 Å². The molecule has 13 nitrogen and oxygen atoms in total. The Bertz CT molecular complexity index is 2620. The van der Waals surface area contributed by atoms with Crippen molar-refractivity contribution in [2.24, 2.45) is 5.92 Å². The first kappa shape index (κ1) is 61.2. The Balaban J connectivity index is 0.000000332. The Morgan fingerprint density at radius 2 is 1.58 bits per heavy atom. The molecule has 4 atom stereocenters. The number of fused-ring (bicyclic) bond motifs is 1. The number of benzene rings is 2. The number of piperidine rings is 2. The maximum absolute atomic E-state index is 13.4. The first-order chi connectivity index (χ1) is 36.8. The van der Waals surface area contributed by atoms with Gasteiger partial charge in [-0.2, -0.15) is 0 Å². The zero-order valence-corrected chi connectivity index (χ0v) is 48.8. The third-order valence-corrected chi connectivity index (χ3v) is 16.0. The molecule has 0 radical (unpaired) electrons. The molecule has 0 bridgehead atoms. The summed E-state index contributed by atoms with van der Waals surface area (Å²) in [4.78, 5) is 59.0. The molecule has 5 heterocycles. The fourth-order valence-electron chi connectivity index (χ4n) is 11.1. The average Bonchev–Trinajstić information content (AvgIpc) is 3.73. The summed E-state index contributed by atoms with van der Waals surface area (Å²) in [6.07, 6.45) is 16.8. The molecule has 76 heavy (non-hydrogen) atoms. The summed E-state index contributed by atoms with van der Waals surface area (Å²) >= 11 is 0. The number of aromatic nitrogens is 4. The van der Waals surface area contributed by atoms with E-state index in [1.807, 2.05) is 61.5 Å². The van der Waals surface area contributed by atoms with Gasteiger partial charge in [0, 0.05) is 80.1 Å². The number of pyridine rings is 2. The molecule has 2 aliphatic rings. The van der Waals surface area contributed by atoms with Crippen LogP contribution in [0.15, 0.2) is 83.4 Å². The molecule has 3 aromatic heterocycles. The Hall–Kier alpha value is -5.63. The van der Waals surface area contributed by atoms with Crippen LogP contribution in [0, 0.1) is 12.8 Å². The van der Waals surface area contributed by atoms with E-state index in [1.54, 1.807) is 0 Å². The third-order valence-electron chi connectivity index (χ3n) is 16.0. The van der Waals surface area contributed by atoms with E-state index >= 15 is 0 Å². The van der Waals surface area contributed by atoms with Gasteiger partial charge in [-0.15, -0.1) is 0 Å². The van der Waals surface area contributed by atoms with Crippen LogP contribution in [0.1, 0.15) is 179 Å². The number of imidazole rings is 1. The van der Waals surface area contributed by atoms with Crippen molar-refractivity contribution < 1.29 is 14.4 Å². The molecule has 0 aliphatic carbocycles. The molecule has 2 saturated heterocycles. The van der Waals surface area contributed by atoms with Crippen molar-refractivity contribution in [3.63, 3.8) is 0 Å². The van der Waals surface area contributed by atoms with Crippen molar-refractivity contribution >= 4 is 35.2 Å². The predicted octanol–water partition coefficient (Wildman–Crippen LogP) is 12.7. The van der Waals surface area contributed by atoms with Gasteiger partial charge in [-0.3, -0.25) is 33.4 Å². The van der Waals surface area contributed by atoms with Crippen molar-refractivity contribution in [1.29, 1.82) is 0 Å². The summed E-state index contributed by atoms with van der Waals surface area (Å²) in [5.41, 5.74) is 13.4. The number of anilines is 1. The predicted molar refractivity (Wildman–Crippen MR) is 316 cm³/mol. The zero-order valence-electron chi connectivity index (χ0n) is 48.8. The monoisotopic (exact) mass is 1040 g/mol. The molecule has 5 aromatic rings. The summed E-state index contributed by atoms with van der Waals surface area (Å²) in [5, 5.41) is 3.10. The van der Waals surface area contributed by atoms with Gasteiger partial charge in [0.15, 0.2) is 0 Å². The molecule has 416 valence electrons. The Kier molecular flexibility index (Phi) is 24.9. The highest BCUT2D eigenvalue weighted by Crippen LogP contribution is 2.33. The van der Waals surface area contributed by atoms with Crippen LogP contribution in [0.4, 0.5) is 5.82 Å². The molecule has 2 amide bonds. The summed E-state index contributed by atoms with van der Waals surface area (Å²) in [6, 6.07) is 21.9. The van der Waals surface area contributed by atoms with Crippen molar-refractivity contribution in [3.05, 3.63) is 117 Å². The third kappa shape index (κ3) is 15.7. The second kappa shape index (κ2) is 30.9. The molecule has 0 saturated carbocycles. The topological polar surface area (TPSA) is 130 Å². The maximum atomic E-state index is 13.4. The minimum atomic E-state index is -0.311. The van der Waals surface area contributed by atoms with Crippen LogP contribution in [0.3, 0.4) is 0 Å². The Morgan fingerprint density at radius 3 is 2.17 bits per heavy atom. The number of hydroxylamine groups is 1. The lowest BCUT2D eigenvalue weighted by atomic mass is 9.87. The number of likely N-dealkylation sites (tertiary alicyclic amines) is 2. The lowest BCUT2D eigenvalue weighted by Gasteiger charge is -2.37. The van der Waals surface area contributed by atoms with E-state index in [0.717, 1.165) is 117 Å². The van der Waals surface area contributed by atoms with Crippen LogP contribution in [0.2, 0.25) is 0 Å². The van der Waals surface area contributed by atoms with Crippen molar-refractivity contribution in [2.45, 2.75) is 184 Å². The molecule has 13 heteroatoms. The van der Waals surface area contributed by atoms with Gasteiger partial charge >= 0.3 is 5.69 Å². The SMILES string of the molecule is CC.CCCC(C(C)ONC=O)n1c(=O)n(CCC)c2cc(CC)ccc21.CCCN(CC1CCN(C(=O)c2ccc(C3CCN(C(C)/C(C)=C/c4c(-c5ccc(NC)nc5)ccnc4C)CC3)cc2)CC1)C(C)CC. The van der Waals surface area contributed by atoms with Crippen LogP contribution in [-0.2, 0) is 22.6 Å². The number of rotatable bonds is 23. The van der Waals surface area contributed by atoms with E-state index in [2.05, 4.69) is 152 Å². The number of nitrogens with one attached hydrogen (secondary N) is 2. The maximum Gasteiger partial charge on any atom is 0.329 e. The second-order valence-electron chi connectivity index (χ2n) is 20.9. The zero-order chi connectivity index (χ0) is 55.3. The normalized spacial score (nSPS) is 16.3. The number of nitrogens with zero attached hydrogens (tertiary/aromatic N) is 7. The molecule has 0 spiro atoms. The highest BCUT2D eigenvalue weighted by atomic mass is 16.7. The van der Waals surface area contributed by atoms with E-state index in [0.29, 0.717) is 36.9 Å². The summed E-state index contributed by atoms with van der Waals surface area (Å²) in [6.45, 7) is 32.6. The molecule has 2 fully saturated rings. The standard InChI is InChI=1S/C42H60N6O.C19H29N3O3.C2H6/c1-8-22-48(31(4)9-2)29-34-17-23-47(24-18-34)42(49)37-12-10-35(11-13-37)36-19-25-46(26-20-36)33(6)30(3)27-40-32(5)44-21-16-39(40)38-14-15-41(43-7)45-28-38;1-5-8-16(14(4)25-20-13-23)22-17-10-9-15(7-3)12-18(17)21(11-6-2)19(22)24;1-2/h10-16,21,27-28,31,33-34,36H,8-9,17-20,22-26,29H2,1-7H3,(H,43,45);9-10,12-14,16H,5-8,11H2,1-4H3,(H,20,23);1-2H3/b30-27+;;. The lowest BCUT2D eigenvalue weighted by molar-refractivity contribution is -0.127. The van der Waals surface area contributed by atoms with Gasteiger partial charge in [0.1, 0.15) is 11.9 Å². The smallest absolute Gasteiger partial charge is 0.329 e. The van der Waals surface area contributed by atoms with E-state index < -0.39 is 0 Å². The summed E-state index contributed by atoms with van der Waals surface area (Å²) < 4.78 is 3.70. The van der Waals surface area contributed by atoms with Gasteiger partial charge in [0.2, 0.25) is 6.41 Å². The van der Waals surface area contributed by atoms with E-state index in [4.69, 9.17) is 4.84 Å². The van der Waals surface area contributed by atoms with Gasteiger partial charge in [-0.1, -0.05) is 84.7 Å². The number of carbonyl (C=O) groups excluding carboxylic acids is 2. The summed E-state index contributed by atoms with van der Waals surface area (Å²) in [7, 11) is 1.89. The molecule has 2 aliphatic heterocycles. The van der Waals surface area contributed by atoms with Gasteiger partial charge in [-0.05, 0) is 183 Å². The number of amides is 2. The quantitative estimate of drug-likeness (QED) is 0.0485. The molecular weight excluding hydrogens is 947 g/mol. The van der Waals surface area contributed by atoms with Crippen LogP contribution < -0.4 is 16.5 Å². The first-order valence-electron chi connectivity index (χ1n) is 29.0. The number of carbonyl (C=O) groups is 2.